The van der Waals surface area contributed by atoms with Crippen LogP contribution in [-0.2, 0) is 0 Å². The van der Waals surface area contributed by atoms with E-state index in [4.69, 9.17) is 0 Å². The normalized spacial score (nSPS) is 12.1. The summed E-state index contributed by atoms with van der Waals surface area (Å²) in [5.74, 6) is 0. The zero-order chi connectivity index (χ0) is 79.1. The molecule has 0 aliphatic carbocycles. The Morgan fingerprint density at radius 2 is 0.421 bits per heavy atom. The maximum absolute atomic E-state index is 2.53. The zero-order valence-electron chi connectivity index (χ0n) is 65.6. The Bertz CT molecular complexity index is 8490. The lowest BCUT2D eigenvalue weighted by Crippen LogP contribution is -1.95. The van der Waals surface area contributed by atoms with Gasteiger partial charge in [-0.05, 0) is 295 Å². The van der Waals surface area contributed by atoms with Crippen molar-refractivity contribution in [2.45, 2.75) is 0 Å². The van der Waals surface area contributed by atoms with E-state index in [9.17, 15) is 0 Å². The highest BCUT2D eigenvalue weighted by atomic mass is 32.1. The molecule has 0 saturated heterocycles. The number of hydrogen-bond donors (Lipinski definition) is 0. The van der Waals surface area contributed by atoms with E-state index >= 15 is 0 Å². The van der Waals surface area contributed by atoms with Crippen LogP contribution in [0.1, 0.15) is 0 Å². The van der Waals surface area contributed by atoms with E-state index in [1.165, 1.54) is 248 Å². The summed E-state index contributed by atoms with van der Waals surface area (Å²) in [4.78, 5) is 0. The fraction of sp³-hybridized carbons (Fsp3) is 0. The van der Waals surface area contributed by atoms with Crippen molar-refractivity contribution in [3.8, 4) is 94.7 Å². The Labute approximate surface area is 705 Å². The Morgan fingerprint density at radius 1 is 0.149 bits per heavy atom. The van der Waals surface area contributed by atoms with Crippen molar-refractivity contribution in [2.24, 2.45) is 0 Å². The van der Waals surface area contributed by atoms with Gasteiger partial charge in [0.05, 0.1) is 11.0 Å². The van der Waals surface area contributed by atoms with Crippen LogP contribution in [0.3, 0.4) is 0 Å². The molecule has 0 spiro atoms. The minimum Gasteiger partial charge on any atom is -0.309 e. The molecule has 0 N–H and O–H groups in total. The van der Waals surface area contributed by atoms with Crippen molar-refractivity contribution in [1.29, 1.82) is 0 Å². The molecule has 26 rings (SSSR count). The van der Waals surface area contributed by atoms with Crippen LogP contribution in [0.25, 0.3) is 265 Å². The van der Waals surface area contributed by atoms with Gasteiger partial charge in [-0.2, -0.15) is 0 Å². The second-order valence-corrected chi connectivity index (χ2v) is 35.0. The second kappa shape index (κ2) is 26.7. The van der Waals surface area contributed by atoms with Crippen LogP contribution in [0.15, 0.2) is 419 Å². The number of aromatic nitrogens is 1. The first-order chi connectivity index (χ1) is 59.9. The number of thiophene rings is 2. The van der Waals surface area contributed by atoms with Crippen LogP contribution in [0.2, 0.25) is 0 Å². The number of benzene rings is 23. The standard InChI is InChI=1S/C118H69NS2/c1-2-20-74(21-3-1)115-99-26-12-14-28-101(99)116(102-29-15-13-27-100(102)115)75-38-48-90(49-39-75)119-111-54-44-86(103-66-88(78-42-52-97-84(60-78)36-32-72-18-6-10-24-93(72)97)68-109-107-62-80(46-56-113(107)120-117(103)109)76-40-50-95-82(58-76)34-30-70-16-4-8-22-91(70)95)64-105(111)106-65-87(45-55-112(106)119)104-67-89(79-43-53-98-85(61-79)37-33-73-19-7-11-25-94(73)98)69-110-108-63-81(47-57-114(108)121-118(104)110)77-41-51-96-83(59-77)35-31-71-17-5-9-23-92(71)96/h1-69H. The average molecular weight is 1560 g/mol. The first-order valence-electron chi connectivity index (χ1n) is 41.8. The maximum atomic E-state index is 2.53. The fourth-order valence-electron chi connectivity index (χ4n) is 20.4. The third-order valence-corrected chi connectivity index (χ3v) is 28.7. The summed E-state index contributed by atoms with van der Waals surface area (Å²) in [6.07, 6.45) is 0. The summed E-state index contributed by atoms with van der Waals surface area (Å²) in [6, 6.07) is 159. The lowest BCUT2D eigenvalue weighted by molar-refractivity contribution is 1.18. The summed E-state index contributed by atoms with van der Waals surface area (Å²) >= 11 is 3.82. The predicted octanol–water partition coefficient (Wildman–Crippen LogP) is 34.4. The molecule has 0 unspecified atom stereocenters. The van der Waals surface area contributed by atoms with Gasteiger partial charge in [0.25, 0.3) is 0 Å². The largest absolute Gasteiger partial charge is 0.309 e. The van der Waals surface area contributed by atoms with Crippen molar-refractivity contribution < 1.29 is 0 Å². The molecule has 0 aliphatic rings. The SMILES string of the molecule is c1ccc(-c2c3ccccc3c(-c3ccc(-n4c5ccc(-c6cc(-c7ccc8c(ccc9ccccc98)c7)cc7c6sc6ccc(-c8ccc9c(ccc%10ccccc%109)c8)cc67)cc5c5cc(-c6cc(-c7ccc8c(ccc9ccccc98)c7)cc7c6sc6ccc(-c8ccc9c(ccc%10ccccc%109)c8)cc67)ccc54)cc3)c3ccccc23)cc1. The highest BCUT2D eigenvalue weighted by Gasteiger charge is 2.24. The van der Waals surface area contributed by atoms with Gasteiger partial charge in [0.2, 0.25) is 0 Å². The number of nitrogens with zero attached hydrogens (tertiary/aromatic N) is 1. The summed E-state index contributed by atoms with van der Waals surface area (Å²) in [6.45, 7) is 0. The monoisotopic (exact) mass is 1560 g/mol. The van der Waals surface area contributed by atoms with E-state index in [-0.39, 0.29) is 0 Å². The Balaban J connectivity index is 0.694. The molecule has 558 valence electrons. The van der Waals surface area contributed by atoms with Gasteiger partial charge in [-0.25, -0.2) is 0 Å². The van der Waals surface area contributed by atoms with E-state index in [1.807, 2.05) is 22.7 Å². The molecule has 0 aliphatic heterocycles. The van der Waals surface area contributed by atoms with Crippen molar-refractivity contribution in [1.82, 2.24) is 4.57 Å². The van der Waals surface area contributed by atoms with Crippen LogP contribution >= 0.6 is 22.7 Å². The molecule has 3 heterocycles. The van der Waals surface area contributed by atoms with Gasteiger partial charge < -0.3 is 4.57 Å². The number of fused-ring (bicyclic) bond motifs is 23. The molecule has 0 bridgehead atoms. The molecule has 23 aromatic carbocycles. The molecule has 121 heavy (non-hydrogen) atoms. The third-order valence-electron chi connectivity index (χ3n) is 26.2. The summed E-state index contributed by atoms with van der Waals surface area (Å²) in [5.41, 5.74) is 22.6. The molecular formula is C118H69NS2. The molecule has 0 amide bonds. The number of rotatable bonds is 9. The quantitative estimate of drug-likeness (QED) is 0.100. The third kappa shape index (κ3) is 10.8. The minimum atomic E-state index is 1.10. The number of hydrogen-bond acceptors (Lipinski definition) is 2. The molecule has 1 nitrogen and oxygen atoms in total. The average Bonchev–Trinajstić information content (AvgIpc) is 1.66. The van der Waals surface area contributed by atoms with Crippen LogP contribution < -0.4 is 0 Å². The van der Waals surface area contributed by atoms with E-state index in [1.54, 1.807) is 0 Å². The fourth-order valence-corrected chi connectivity index (χ4v) is 22.8. The molecule has 26 aromatic rings. The molecule has 0 fully saturated rings. The van der Waals surface area contributed by atoms with Crippen molar-refractivity contribution in [2.75, 3.05) is 0 Å². The zero-order valence-corrected chi connectivity index (χ0v) is 67.2. The highest BCUT2D eigenvalue weighted by Crippen LogP contribution is 2.51. The predicted molar refractivity (Wildman–Crippen MR) is 525 cm³/mol. The summed E-state index contributed by atoms with van der Waals surface area (Å²) in [7, 11) is 0. The maximum Gasteiger partial charge on any atom is 0.0541 e. The Morgan fingerprint density at radius 3 is 0.802 bits per heavy atom. The molecule has 3 heteroatoms. The first kappa shape index (κ1) is 68.0. The van der Waals surface area contributed by atoms with Gasteiger partial charge >= 0.3 is 0 Å². The van der Waals surface area contributed by atoms with Gasteiger partial charge in [0, 0.05) is 67.9 Å². The summed E-state index contributed by atoms with van der Waals surface area (Å²) in [5, 5.41) is 32.5. The van der Waals surface area contributed by atoms with Gasteiger partial charge in [-0.3, -0.25) is 0 Å². The molecule has 0 radical (unpaired) electrons. The highest BCUT2D eigenvalue weighted by molar-refractivity contribution is 7.26. The van der Waals surface area contributed by atoms with Crippen molar-refractivity contribution >= 4 is 193 Å². The van der Waals surface area contributed by atoms with Crippen molar-refractivity contribution in [3.05, 3.63) is 419 Å². The van der Waals surface area contributed by atoms with Gasteiger partial charge in [-0.15, -0.1) is 22.7 Å². The van der Waals surface area contributed by atoms with Gasteiger partial charge in [-0.1, -0.05) is 309 Å². The Hall–Kier alpha value is -15.1. The first-order valence-corrected chi connectivity index (χ1v) is 43.4. The van der Waals surface area contributed by atoms with Crippen LogP contribution in [-0.4, -0.2) is 4.57 Å². The molecule has 0 saturated carbocycles. The topological polar surface area (TPSA) is 4.93 Å². The van der Waals surface area contributed by atoms with Crippen LogP contribution in [0.5, 0.6) is 0 Å². The van der Waals surface area contributed by atoms with Crippen molar-refractivity contribution in [3.63, 3.8) is 0 Å². The lowest BCUT2D eigenvalue weighted by atomic mass is 9.86. The van der Waals surface area contributed by atoms with Gasteiger partial charge in [0.1, 0.15) is 0 Å². The van der Waals surface area contributed by atoms with E-state index in [2.05, 4.69) is 423 Å². The minimum absolute atomic E-state index is 1.10. The van der Waals surface area contributed by atoms with Crippen LogP contribution in [0.4, 0.5) is 0 Å². The molecular weight excluding hydrogens is 1500 g/mol. The van der Waals surface area contributed by atoms with Crippen LogP contribution in [0, 0.1) is 0 Å². The molecule has 0 atom stereocenters. The van der Waals surface area contributed by atoms with E-state index < -0.39 is 0 Å². The molecule has 3 aromatic heterocycles. The smallest absolute Gasteiger partial charge is 0.0541 e. The summed E-state index contributed by atoms with van der Waals surface area (Å²) < 4.78 is 7.59. The second-order valence-electron chi connectivity index (χ2n) is 32.9. The van der Waals surface area contributed by atoms with E-state index in [0.717, 1.165) is 16.7 Å². The van der Waals surface area contributed by atoms with Gasteiger partial charge in [0.15, 0.2) is 0 Å². The lowest BCUT2D eigenvalue weighted by Gasteiger charge is -2.18. The van der Waals surface area contributed by atoms with E-state index in [0.29, 0.717) is 0 Å². The Kier molecular flexibility index (Phi) is 15.0.